The standard InChI is InChI=1S/C20H24FN3O4/c1-13(2)20(26)24-8-6-15(7-9-24)22-19(25)17-11-28-18(23-17)12-27-16-5-3-4-14(21)10-16/h3-5,10-11,13,15H,6-9,12H2,1-2H3,(H,22,25). The van der Waals surface area contributed by atoms with Gasteiger partial charge >= 0.3 is 0 Å². The van der Waals surface area contributed by atoms with Gasteiger partial charge in [0.05, 0.1) is 0 Å². The maximum Gasteiger partial charge on any atom is 0.273 e. The van der Waals surface area contributed by atoms with Gasteiger partial charge in [-0.15, -0.1) is 0 Å². The number of carbonyl (C=O) groups excluding carboxylic acids is 2. The Morgan fingerprint density at radius 3 is 2.79 bits per heavy atom. The summed E-state index contributed by atoms with van der Waals surface area (Å²) in [6.07, 6.45) is 2.69. The van der Waals surface area contributed by atoms with Crippen molar-refractivity contribution in [2.24, 2.45) is 5.92 Å². The van der Waals surface area contributed by atoms with Crippen LogP contribution in [-0.2, 0) is 11.4 Å². The normalized spacial score (nSPS) is 14.9. The minimum absolute atomic E-state index is 0.00703. The average Bonchev–Trinajstić information content (AvgIpc) is 3.16. The summed E-state index contributed by atoms with van der Waals surface area (Å²) in [5.74, 6) is -0.0160. The lowest BCUT2D eigenvalue weighted by atomic mass is 10.0. The molecule has 1 fully saturated rings. The summed E-state index contributed by atoms with van der Waals surface area (Å²) in [7, 11) is 0. The minimum Gasteiger partial charge on any atom is -0.484 e. The fourth-order valence-corrected chi connectivity index (χ4v) is 3.05. The number of hydrogen-bond donors (Lipinski definition) is 1. The van der Waals surface area contributed by atoms with E-state index in [4.69, 9.17) is 9.15 Å². The number of benzene rings is 1. The molecule has 1 aliphatic rings. The van der Waals surface area contributed by atoms with Crippen LogP contribution in [-0.4, -0.2) is 40.8 Å². The van der Waals surface area contributed by atoms with Gasteiger partial charge in [-0.25, -0.2) is 9.37 Å². The van der Waals surface area contributed by atoms with E-state index in [2.05, 4.69) is 10.3 Å². The fourth-order valence-electron chi connectivity index (χ4n) is 3.05. The second-order valence-corrected chi connectivity index (χ2v) is 7.10. The van der Waals surface area contributed by atoms with E-state index >= 15 is 0 Å². The molecule has 0 aliphatic carbocycles. The number of amides is 2. The maximum atomic E-state index is 13.1. The molecule has 1 N–H and O–H groups in total. The Morgan fingerprint density at radius 2 is 2.11 bits per heavy atom. The van der Waals surface area contributed by atoms with Gasteiger partial charge in [0.2, 0.25) is 11.8 Å². The van der Waals surface area contributed by atoms with Gasteiger partial charge in [0.1, 0.15) is 17.8 Å². The highest BCUT2D eigenvalue weighted by Gasteiger charge is 2.26. The third kappa shape index (κ3) is 5.09. The smallest absolute Gasteiger partial charge is 0.273 e. The molecule has 0 radical (unpaired) electrons. The molecular weight excluding hydrogens is 365 g/mol. The molecule has 1 aromatic heterocycles. The van der Waals surface area contributed by atoms with Crippen molar-refractivity contribution >= 4 is 11.8 Å². The van der Waals surface area contributed by atoms with Crippen molar-refractivity contribution in [2.45, 2.75) is 39.3 Å². The van der Waals surface area contributed by atoms with Gasteiger partial charge in [0.25, 0.3) is 5.91 Å². The minimum atomic E-state index is -0.397. The Balaban J connectivity index is 1.47. The molecule has 0 unspecified atom stereocenters. The Kier molecular flexibility index (Phi) is 6.28. The fraction of sp³-hybridized carbons (Fsp3) is 0.450. The molecule has 8 heteroatoms. The van der Waals surface area contributed by atoms with E-state index in [0.717, 1.165) is 0 Å². The van der Waals surface area contributed by atoms with Crippen LogP contribution >= 0.6 is 0 Å². The van der Waals surface area contributed by atoms with Crippen molar-refractivity contribution < 1.29 is 23.1 Å². The lowest BCUT2D eigenvalue weighted by Crippen LogP contribution is -2.47. The Labute approximate surface area is 162 Å². The SMILES string of the molecule is CC(C)C(=O)N1CCC(NC(=O)c2coc(COc3cccc(F)c3)n2)CC1. The van der Waals surface area contributed by atoms with Crippen LogP contribution in [0.25, 0.3) is 0 Å². The van der Waals surface area contributed by atoms with Crippen molar-refractivity contribution in [2.75, 3.05) is 13.1 Å². The molecule has 0 atom stereocenters. The Bertz CT molecular complexity index is 828. The van der Waals surface area contributed by atoms with Crippen LogP contribution in [0.15, 0.2) is 34.9 Å². The van der Waals surface area contributed by atoms with Crippen LogP contribution in [0.5, 0.6) is 5.75 Å². The van der Waals surface area contributed by atoms with Crippen molar-refractivity contribution in [1.82, 2.24) is 15.2 Å². The maximum absolute atomic E-state index is 13.1. The molecule has 28 heavy (non-hydrogen) atoms. The molecule has 7 nitrogen and oxygen atoms in total. The number of halogens is 1. The van der Waals surface area contributed by atoms with Crippen molar-refractivity contribution in [3.05, 3.63) is 47.9 Å². The monoisotopic (exact) mass is 389 g/mol. The van der Waals surface area contributed by atoms with Gasteiger partial charge < -0.3 is 19.4 Å². The first-order valence-corrected chi connectivity index (χ1v) is 9.35. The number of piperidine rings is 1. The number of nitrogens with one attached hydrogen (secondary N) is 1. The first-order chi connectivity index (χ1) is 13.4. The summed E-state index contributed by atoms with van der Waals surface area (Å²) >= 11 is 0. The lowest BCUT2D eigenvalue weighted by molar-refractivity contribution is -0.135. The molecule has 2 heterocycles. The van der Waals surface area contributed by atoms with Crippen LogP contribution in [0.1, 0.15) is 43.1 Å². The van der Waals surface area contributed by atoms with Crippen LogP contribution in [0.4, 0.5) is 4.39 Å². The molecule has 1 saturated heterocycles. The zero-order valence-corrected chi connectivity index (χ0v) is 16.0. The summed E-state index contributed by atoms with van der Waals surface area (Å²) in [6.45, 7) is 5.03. The highest BCUT2D eigenvalue weighted by atomic mass is 19.1. The van der Waals surface area contributed by atoms with Gasteiger partial charge in [-0.1, -0.05) is 19.9 Å². The summed E-state index contributed by atoms with van der Waals surface area (Å²) in [6, 6.07) is 5.73. The van der Waals surface area contributed by atoms with Crippen LogP contribution in [0.2, 0.25) is 0 Å². The van der Waals surface area contributed by atoms with Gasteiger partial charge in [-0.3, -0.25) is 9.59 Å². The van der Waals surface area contributed by atoms with Gasteiger partial charge in [-0.2, -0.15) is 0 Å². The Morgan fingerprint density at radius 1 is 1.36 bits per heavy atom. The summed E-state index contributed by atoms with van der Waals surface area (Å²) < 4.78 is 23.8. The van der Waals surface area contributed by atoms with Gasteiger partial charge in [-0.05, 0) is 25.0 Å². The lowest BCUT2D eigenvalue weighted by Gasteiger charge is -2.33. The highest BCUT2D eigenvalue weighted by molar-refractivity contribution is 5.92. The summed E-state index contributed by atoms with van der Waals surface area (Å²) in [5.41, 5.74) is 0.165. The molecule has 1 aromatic carbocycles. The third-order valence-electron chi connectivity index (χ3n) is 4.58. The zero-order chi connectivity index (χ0) is 20.1. The third-order valence-corrected chi connectivity index (χ3v) is 4.58. The highest BCUT2D eigenvalue weighted by Crippen LogP contribution is 2.16. The van der Waals surface area contributed by atoms with Crippen LogP contribution in [0, 0.1) is 11.7 Å². The molecule has 0 bridgehead atoms. The number of oxazole rings is 1. The number of ether oxygens (including phenoxy) is 1. The predicted octanol–water partition coefficient (Wildman–Crippen LogP) is 2.77. The second-order valence-electron chi connectivity index (χ2n) is 7.10. The molecule has 3 rings (SSSR count). The predicted molar refractivity (Wildman–Crippen MR) is 99.1 cm³/mol. The molecule has 150 valence electrons. The molecular formula is C20H24FN3O4. The quantitative estimate of drug-likeness (QED) is 0.821. The summed E-state index contributed by atoms with van der Waals surface area (Å²) in [4.78, 5) is 30.3. The van der Waals surface area contributed by atoms with E-state index in [1.807, 2.05) is 18.7 Å². The average molecular weight is 389 g/mol. The number of hydrogen-bond acceptors (Lipinski definition) is 5. The second kappa shape index (κ2) is 8.86. The van der Waals surface area contributed by atoms with Crippen LogP contribution in [0.3, 0.4) is 0 Å². The van der Waals surface area contributed by atoms with Gasteiger partial charge in [0.15, 0.2) is 12.3 Å². The topological polar surface area (TPSA) is 84.7 Å². The van der Waals surface area contributed by atoms with E-state index < -0.39 is 5.82 Å². The number of likely N-dealkylation sites (tertiary alicyclic amines) is 1. The number of carbonyl (C=O) groups is 2. The van der Waals surface area contributed by atoms with Crippen LogP contribution < -0.4 is 10.1 Å². The molecule has 2 aromatic rings. The number of rotatable bonds is 6. The molecule has 2 amide bonds. The zero-order valence-electron chi connectivity index (χ0n) is 16.0. The first-order valence-electron chi connectivity index (χ1n) is 9.35. The van der Waals surface area contributed by atoms with Crippen molar-refractivity contribution in [1.29, 1.82) is 0 Å². The number of nitrogens with zero attached hydrogens (tertiary/aromatic N) is 2. The van der Waals surface area contributed by atoms with E-state index in [9.17, 15) is 14.0 Å². The number of aromatic nitrogens is 1. The van der Waals surface area contributed by atoms with Gasteiger partial charge in [0, 0.05) is 31.1 Å². The van der Waals surface area contributed by atoms with E-state index in [-0.39, 0.29) is 42.0 Å². The van der Waals surface area contributed by atoms with E-state index in [1.54, 1.807) is 12.1 Å². The molecule has 0 spiro atoms. The van der Waals surface area contributed by atoms with E-state index in [1.165, 1.54) is 18.4 Å². The van der Waals surface area contributed by atoms with Crippen molar-refractivity contribution in [3.8, 4) is 5.75 Å². The largest absolute Gasteiger partial charge is 0.484 e. The molecule has 0 saturated carbocycles. The van der Waals surface area contributed by atoms with Crippen molar-refractivity contribution in [3.63, 3.8) is 0 Å². The first kappa shape index (κ1) is 19.9. The Hall–Kier alpha value is -2.90. The molecule has 1 aliphatic heterocycles. The summed E-state index contributed by atoms with van der Waals surface area (Å²) in [5, 5.41) is 2.93. The van der Waals surface area contributed by atoms with E-state index in [0.29, 0.717) is 31.7 Å².